The molecule has 1 unspecified atom stereocenters. The largest absolute Gasteiger partial charge is 0.356 e. The van der Waals surface area contributed by atoms with E-state index >= 15 is 0 Å². The molecule has 0 bridgehead atoms. The minimum atomic E-state index is 0.865. The van der Waals surface area contributed by atoms with Crippen molar-refractivity contribution in [2.24, 2.45) is 5.92 Å². The molecule has 2 rings (SSSR count). The summed E-state index contributed by atoms with van der Waals surface area (Å²) in [6, 6.07) is 4.44. The number of aryl methyl sites for hydroxylation is 1. The number of hydrogen-bond acceptors (Lipinski definition) is 3. The van der Waals surface area contributed by atoms with Gasteiger partial charge in [0.2, 0.25) is 0 Å². The van der Waals surface area contributed by atoms with Crippen LogP contribution in [0.5, 0.6) is 0 Å². The number of aromatic nitrogens is 1. The maximum absolute atomic E-state index is 4.72. The Morgan fingerprint density at radius 1 is 1.37 bits per heavy atom. The van der Waals surface area contributed by atoms with Crippen LogP contribution in [0, 0.1) is 12.8 Å². The Hall–Kier alpha value is -1.09. The van der Waals surface area contributed by atoms with Gasteiger partial charge < -0.3 is 10.2 Å². The Morgan fingerprint density at radius 3 is 2.95 bits per heavy atom. The standard InChI is InChI=1S/C16H27N3/c1-4-6-14-7-8-19(12-14)16-10-15(11-17-5-2)9-13(3)18-16/h9-10,14,17H,4-8,11-12H2,1-3H3. The summed E-state index contributed by atoms with van der Waals surface area (Å²) in [5.41, 5.74) is 2.48. The van der Waals surface area contributed by atoms with Crippen LogP contribution in [0.25, 0.3) is 0 Å². The summed E-state index contributed by atoms with van der Waals surface area (Å²) < 4.78 is 0. The maximum Gasteiger partial charge on any atom is 0.129 e. The minimum Gasteiger partial charge on any atom is -0.356 e. The van der Waals surface area contributed by atoms with E-state index in [2.05, 4.69) is 43.1 Å². The van der Waals surface area contributed by atoms with Crippen LogP contribution in [0.3, 0.4) is 0 Å². The van der Waals surface area contributed by atoms with Crippen molar-refractivity contribution in [3.8, 4) is 0 Å². The normalized spacial score (nSPS) is 19.1. The van der Waals surface area contributed by atoms with Crippen molar-refractivity contribution in [2.45, 2.75) is 46.6 Å². The lowest BCUT2D eigenvalue weighted by Gasteiger charge is -2.19. The van der Waals surface area contributed by atoms with Gasteiger partial charge in [0, 0.05) is 25.3 Å². The highest BCUT2D eigenvalue weighted by Crippen LogP contribution is 2.26. The monoisotopic (exact) mass is 261 g/mol. The fraction of sp³-hybridized carbons (Fsp3) is 0.688. The molecule has 1 atom stereocenters. The highest BCUT2D eigenvalue weighted by molar-refractivity contribution is 5.43. The van der Waals surface area contributed by atoms with Gasteiger partial charge in [-0.25, -0.2) is 4.98 Å². The zero-order valence-electron chi connectivity index (χ0n) is 12.6. The highest BCUT2D eigenvalue weighted by Gasteiger charge is 2.22. The number of anilines is 1. The summed E-state index contributed by atoms with van der Waals surface area (Å²) in [5.74, 6) is 2.04. The second kappa shape index (κ2) is 6.90. The van der Waals surface area contributed by atoms with Crippen LogP contribution in [-0.4, -0.2) is 24.6 Å². The van der Waals surface area contributed by atoms with Crippen molar-refractivity contribution in [3.05, 3.63) is 23.4 Å². The molecule has 1 aromatic heterocycles. The van der Waals surface area contributed by atoms with Crippen molar-refractivity contribution in [1.29, 1.82) is 0 Å². The molecular formula is C16H27N3. The van der Waals surface area contributed by atoms with E-state index in [-0.39, 0.29) is 0 Å². The van der Waals surface area contributed by atoms with Gasteiger partial charge in [-0.3, -0.25) is 0 Å². The molecule has 1 aliphatic heterocycles. The summed E-state index contributed by atoms with van der Waals surface area (Å²) >= 11 is 0. The third-order valence-corrected chi connectivity index (χ3v) is 3.89. The van der Waals surface area contributed by atoms with Crippen molar-refractivity contribution in [2.75, 3.05) is 24.5 Å². The van der Waals surface area contributed by atoms with Gasteiger partial charge in [-0.05, 0) is 49.9 Å². The lowest BCUT2D eigenvalue weighted by atomic mass is 10.0. The van der Waals surface area contributed by atoms with Crippen molar-refractivity contribution < 1.29 is 0 Å². The molecule has 0 radical (unpaired) electrons. The fourth-order valence-corrected chi connectivity index (χ4v) is 2.94. The van der Waals surface area contributed by atoms with Gasteiger partial charge in [-0.1, -0.05) is 20.3 Å². The number of pyridine rings is 1. The summed E-state index contributed by atoms with van der Waals surface area (Å²) in [5, 5.41) is 3.39. The van der Waals surface area contributed by atoms with E-state index in [0.29, 0.717) is 0 Å². The second-order valence-electron chi connectivity index (χ2n) is 5.64. The van der Waals surface area contributed by atoms with Crippen LogP contribution in [0.15, 0.2) is 12.1 Å². The average molecular weight is 261 g/mol. The molecule has 0 spiro atoms. The van der Waals surface area contributed by atoms with E-state index in [1.54, 1.807) is 0 Å². The van der Waals surface area contributed by atoms with E-state index in [9.17, 15) is 0 Å². The van der Waals surface area contributed by atoms with Crippen LogP contribution in [0.4, 0.5) is 5.82 Å². The first-order chi connectivity index (χ1) is 9.22. The predicted molar refractivity (Wildman–Crippen MR) is 81.6 cm³/mol. The first-order valence-corrected chi connectivity index (χ1v) is 7.66. The predicted octanol–water partition coefficient (Wildman–Crippen LogP) is 3.13. The van der Waals surface area contributed by atoms with Crippen LogP contribution in [0.2, 0.25) is 0 Å². The molecule has 0 aliphatic carbocycles. The summed E-state index contributed by atoms with van der Waals surface area (Å²) in [4.78, 5) is 7.18. The van der Waals surface area contributed by atoms with Gasteiger partial charge >= 0.3 is 0 Å². The third-order valence-electron chi connectivity index (χ3n) is 3.89. The smallest absolute Gasteiger partial charge is 0.129 e. The molecule has 1 saturated heterocycles. The molecule has 3 nitrogen and oxygen atoms in total. The Bertz CT molecular complexity index is 403. The van der Waals surface area contributed by atoms with Crippen molar-refractivity contribution in [1.82, 2.24) is 10.3 Å². The van der Waals surface area contributed by atoms with Gasteiger partial charge in [0.05, 0.1) is 0 Å². The molecule has 1 fully saturated rings. The zero-order chi connectivity index (χ0) is 13.7. The third kappa shape index (κ3) is 3.93. The minimum absolute atomic E-state index is 0.865. The number of hydrogen-bond donors (Lipinski definition) is 1. The van der Waals surface area contributed by atoms with Crippen LogP contribution in [-0.2, 0) is 6.54 Å². The molecule has 1 aliphatic rings. The SMILES string of the molecule is CCCC1CCN(c2cc(CNCC)cc(C)n2)C1. The number of nitrogens with one attached hydrogen (secondary N) is 1. The Labute approximate surface area is 117 Å². The van der Waals surface area contributed by atoms with Gasteiger partial charge in [0.1, 0.15) is 5.82 Å². The molecule has 0 saturated carbocycles. The number of nitrogens with zero attached hydrogens (tertiary/aromatic N) is 2. The first kappa shape index (κ1) is 14.3. The molecular weight excluding hydrogens is 234 g/mol. The fourth-order valence-electron chi connectivity index (χ4n) is 2.94. The Kier molecular flexibility index (Phi) is 5.20. The summed E-state index contributed by atoms with van der Waals surface area (Å²) in [7, 11) is 0. The summed E-state index contributed by atoms with van der Waals surface area (Å²) in [6.07, 6.45) is 3.98. The van der Waals surface area contributed by atoms with Gasteiger partial charge in [0.15, 0.2) is 0 Å². The molecule has 3 heteroatoms. The average Bonchev–Trinajstić information content (AvgIpc) is 2.85. The number of rotatable bonds is 6. The lowest BCUT2D eigenvalue weighted by molar-refractivity contribution is 0.529. The molecule has 1 N–H and O–H groups in total. The van der Waals surface area contributed by atoms with E-state index in [1.807, 2.05) is 0 Å². The maximum atomic E-state index is 4.72. The quantitative estimate of drug-likeness (QED) is 0.853. The van der Waals surface area contributed by atoms with E-state index < -0.39 is 0 Å². The molecule has 106 valence electrons. The first-order valence-electron chi connectivity index (χ1n) is 7.66. The topological polar surface area (TPSA) is 28.2 Å². The summed E-state index contributed by atoms with van der Waals surface area (Å²) in [6.45, 7) is 10.8. The van der Waals surface area contributed by atoms with Gasteiger partial charge in [-0.2, -0.15) is 0 Å². The zero-order valence-corrected chi connectivity index (χ0v) is 12.6. The Balaban J connectivity index is 2.05. The van der Waals surface area contributed by atoms with Gasteiger partial charge in [-0.15, -0.1) is 0 Å². The molecule has 0 aromatic carbocycles. The van der Waals surface area contributed by atoms with E-state index in [4.69, 9.17) is 4.98 Å². The van der Waals surface area contributed by atoms with Crippen LogP contribution < -0.4 is 10.2 Å². The molecule has 0 amide bonds. The van der Waals surface area contributed by atoms with E-state index in [1.165, 1.54) is 43.7 Å². The van der Waals surface area contributed by atoms with Gasteiger partial charge in [0.25, 0.3) is 0 Å². The lowest BCUT2D eigenvalue weighted by Crippen LogP contribution is -2.22. The molecule has 2 heterocycles. The van der Waals surface area contributed by atoms with Crippen LogP contribution in [0.1, 0.15) is 44.4 Å². The Morgan fingerprint density at radius 2 is 2.21 bits per heavy atom. The molecule has 1 aromatic rings. The van der Waals surface area contributed by atoms with E-state index in [0.717, 1.165) is 24.7 Å². The van der Waals surface area contributed by atoms with Crippen molar-refractivity contribution >= 4 is 5.82 Å². The molecule has 19 heavy (non-hydrogen) atoms. The van der Waals surface area contributed by atoms with Crippen LogP contribution >= 0.6 is 0 Å². The highest BCUT2D eigenvalue weighted by atomic mass is 15.2. The second-order valence-corrected chi connectivity index (χ2v) is 5.64. The van der Waals surface area contributed by atoms with Crippen molar-refractivity contribution in [3.63, 3.8) is 0 Å².